The van der Waals surface area contributed by atoms with E-state index < -0.39 is 0 Å². The van der Waals surface area contributed by atoms with E-state index in [1.807, 2.05) is 0 Å². The van der Waals surface area contributed by atoms with Gasteiger partial charge in [-0.25, -0.2) is 0 Å². The van der Waals surface area contributed by atoms with Gasteiger partial charge in [-0.15, -0.1) is 0 Å². The van der Waals surface area contributed by atoms with Gasteiger partial charge in [0.05, 0.1) is 0 Å². The molecule has 1 rings (SSSR count). The molecule has 0 saturated carbocycles. The summed E-state index contributed by atoms with van der Waals surface area (Å²) in [5, 5.41) is 3.74. The fraction of sp³-hybridized carbons (Fsp3) is 1.00. The van der Waals surface area contributed by atoms with Crippen LogP contribution in [-0.2, 0) is 0 Å². The lowest BCUT2D eigenvalue weighted by atomic mass is 10.1. The van der Waals surface area contributed by atoms with Gasteiger partial charge in [-0.1, -0.05) is 0 Å². The third kappa shape index (κ3) is 6.72. The highest BCUT2D eigenvalue weighted by molar-refractivity contribution is 4.73. The SMILES string of the molecule is CC(C)N(C)CCCCNC1CCCN(C)CC1. The maximum atomic E-state index is 3.74. The van der Waals surface area contributed by atoms with E-state index >= 15 is 0 Å². The molecule has 0 amide bonds. The van der Waals surface area contributed by atoms with E-state index in [9.17, 15) is 0 Å². The lowest BCUT2D eigenvalue weighted by molar-refractivity contribution is 0.267. The minimum atomic E-state index is 0.676. The fourth-order valence-electron chi connectivity index (χ4n) is 2.49. The van der Waals surface area contributed by atoms with Crippen LogP contribution in [-0.4, -0.2) is 62.2 Å². The molecular weight excluding hydrogens is 222 g/mol. The third-order valence-corrected chi connectivity index (χ3v) is 4.20. The summed E-state index contributed by atoms with van der Waals surface area (Å²) in [6.07, 6.45) is 6.65. The van der Waals surface area contributed by atoms with Crippen LogP contribution in [0.25, 0.3) is 0 Å². The highest BCUT2D eigenvalue weighted by atomic mass is 15.1. The van der Waals surface area contributed by atoms with Crippen molar-refractivity contribution in [2.75, 3.05) is 40.3 Å². The van der Waals surface area contributed by atoms with Gasteiger partial charge in [-0.3, -0.25) is 0 Å². The van der Waals surface area contributed by atoms with Gasteiger partial charge >= 0.3 is 0 Å². The van der Waals surface area contributed by atoms with E-state index in [0.29, 0.717) is 6.04 Å². The van der Waals surface area contributed by atoms with Crippen LogP contribution in [0.3, 0.4) is 0 Å². The molecule has 0 aromatic rings. The average Bonchev–Trinajstić information content (AvgIpc) is 2.53. The van der Waals surface area contributed by atoms with Crippen molar-refractivity contribution in [3.05, 3.63) is 0 Å². The molecule has 3 nitrogen and oxygen atoms in total. The average molecular weight is 255 g/mol. The molecule has 0 spiro atoms. The summed E-state index contributed by atoms with van der Waals surface area (Å²) < 4.78 is 0. The maximum Gasteiger partial charge on any atom is 0.00797 e. The van der Waals surface area contributed by atoms with Gasteiger partial charge in [0.15, 0.2) is 0 Å². The number of unbranched alkanes of at least 4 members (excludes halogenated alkanes) is 1. The Balaban J connectivity index is 2.00. The molecule has 1 saturated heterocycles. The number of hydrogen-bond donors (Lipinski definition) is 1. The van der Waals surface area contributed by atoms with Crippen LogP contribution in [0, 0.1) is 0 Å². The minimum absolute atomic E-state index is 0.676. The normalized spacial score (nSPS) is 22.7. The lowest BCUT2D eigenvalue weighted by Gasteiger charge is -2.21. The van der Waals surface area contributed by atoms with Crippen LogP contribution in [0.2, 0.25) is 0 Å². The summed E-state index contributed by atoms with van der Waals surface area (Å²) in [4.78, 5) is 4.89. The van der Waals surface area contributed by atoms with Crippen molar-refractivity contribution in [2.45, 2.75) is 58.0 Å². The second-order valence-electron chi connectivity index (χ2n) is 6.17. The first kappa shape index (κ1) is 15.9. The highest BCUT2D eigenvalue weighted by Gasteiger charge is 2.13. The van der Waals surface area contributed by atoms with Gasteiger partial charge in [0.2, 0.25) is 0 Å². The van der Waals surface area contributed by atoms with Gasteiger partial charge in [-0.2, -0.15) is 0 Å². The van der Waals surface area contributed by atoms with E-state index in [-0.39, 0.29) is 0 Å². The summed E-state index contributed by atoms with van der Waals surface area (Å²) in [6.45, 7) is 9.48. The summed E-state index contributed by atoms with van der Waals surface area (Å²) >= 11 is 0. The van der Waals surface area contributed by atoms with Gasteiger partial charge < -0.3 is 15.1 Å². The monoisotopic (exact) mass is 255 g/mol. The molecule has 3 heteroatoms. The van der Waals surface area contributed by atoms with E-state index in [4.69, 9.17) is 0 Å². The second-order valence-corrected chi connectivity index (χ2v) is 6.17. The summed E-state index contributed by atoms with van der Waals surface area (Å²) in [6, 6.07) is 1.44. The molecule has 1 aliphatic rings. The van der Waals surface area contributed by atoms with Crippen LogP contribution in [0.4, 0.5) is 0 Å². The molecule has 0 aromatic heterocycles. The third-order valence-electron chi connectivity index (χ3n) is 4.20. The fourth-order valence-corrected chi connectivity index (χ4v) is 2.49. The smallest absolute Gasteiger partial charge is 0.00797 e. The first-order valence-corrected chi connectivity index (χ1v) is 7.71. The number of likely N-dealkylation sites (tertiary alicyclic amines) is 1. The standard InChI is InChI=1S/C15H33N3/c1-14(2)18(4)12-6-5-10-16-15-8-7-11-17(3)13-9-15/h14-16H,5-13H2,1-4H3. The molecule has 1 N–H and O–H groups in total. The molecule has 1 aliphatic heterocycles. The molecule has 1 heterocycles. The zero-order chi connectivity index (χ0) is 13.4. The Kier molecular flexibility index (Phi) is 7.87. The van der Waals surface area contributed by atoms with Gasteiger partial charge in [0.25, 0.3) is 0 Å². The van der Waals surface area contributed by atoms with E-state index in [1.54, 1.807) is 0 Å². The maximum absolute atomic E-state index is 3.74. The van der Waals surface area contributed by atoms with Crippen molar-refractivity contribution in [1.82, 2.24) is 15.1 Å². The zero-order valence-corrected chi connectivity index (χ0v) is 12.9. The zero-order valence-electron chi connectivity index (χ0n) is 12.9. The molecule has 108 valence electrons. The quantitative estimate of drug-likeness (QED) is 0.704. The summed E-state index contributed by atoms with van der Waals surface area (Å²) in [5.41, 5.74) is 0. The van der Waals surface area contributed by atoms with Crippen molar-refractivity contribution in [1.29, 1.82) is 0 Å². The van der Waals surface area contributed by atoms with Crippen LogP contribution in [0.5, 0.6) is 0 Å². The molecule has 18 heavy (non-hydrogen) atoms. The Morgan fingerprint density at radius 3 is 2.72 bits per heavy atom. The van der Waals surface area contributed by atoms with Crippen LogP contribution in [0.1, 0.15) is 46.0 Å². The van der Waals surface area contributed by atoms with Crippen molar-refractivity contribution >= 4 is 0 Å². The number of nitrogens with one attached hydrogen (secondary N) is 1. The first-order valence-electron chi connectivity index (χ1n) is 7.71. The molecule has 0 aromatic carbocycles. The van der Waals surface area contributed by atoms with Gasteiger partial charge in [-0.05, 0) is 86.2 Å². The predicted octanol–water partition coefficient (Wildman–Crippen LogP) is 2.18. The minimum Gasteiger partial charge on any atom is -0.314 e. The Hall–Kier alpha value is -0.120. The molecular formula is C15H33N3. The second kappa shape index (κ2) is 8.89. The predicted molar refractivity (Wildman–Crippen MR) is 80.1 cm³/mol. The lowest BCUT2D eigenvalue weighted by Crippen LogP contribution is -2.32. The van der Waals surface area contributed by atoms with Crippen molar-refractivity contribution in [3.8, 4) is 0 Å². The number of hydrogen-bond acceptors (Lipinski definition) is 3. The van der Waals surface area contributed by atoms with Crippen LogP contribution < -0.4 is 5.32 Å². The molecule has 1 fully saturated rings. The summed E-state index contributed by atoms with van der Waals surface area (Å²) in [7, 11) is 4.46. The Labute approximate surface area is 114 Å². The largest absolute Gasteiger partial charge is 0.314 e. The van der Waals surface area contributed by atoms with Crippen LogP contribution in [0.15, 0.2) is 0 Å². The first-order chi connectivity index (χ1) is 8.59. The van der Waals surface area contributed by atoms with Crippen molar-refractivity contribution in [3.63, 3.8) is 0 Å². The molecule has 1 atom stereocenters. The molecule has 0 radical (unpaired) electrons. The molecule has 0 aliphatic carbocycles. The van der Waals surface area contributed by atoms with E-state index in [0.717, 1.165) is 6.04 Å². The molecule has 1 unspecified atom stereocenters. The van der Waals surface area contributed by atoms with Crippen LogP contribution >= 0.6 is 0 Å². The Morgan fingerprint density at radius 2 is 2.00 bits per heavy atom. The summed E-state index contributed by atoms with van der Waals surface area (Å²) in [5.74, 6) is 0. The van der Waals surface area contributed by atoms with Crippen molar-refractivity contribution in [2.24, 2.45) is 0 Å². The molecule has 0 bridgehead atoms. The number of nitrogens with zero attached hydrogens (tertiary/aromatic N) is 2. The van der Waals surface area contributed by atoms with Gasteiger partial charge in [0, 0.05) is 12.1 Å². The van der Waals surface area contributed by atoms with Crippen molar-refractivity contribution < 1.29 is 0 Å². The Morgan fingerprint density at radius 1 is 1.22 bits per heavy atom. The highest BCUT2D eigenvalue weighted by Crippen LogP contribution is 2.09. The van der Waals surface area contributed by atoms with E-state index in [2.05, 4.69) is 43.1 Å². The number of rotatable bonds is 7. The van der Waals surface area contributed by atoms with Gasteiger partial charge in [0.1, 0.15) is 0 Å². The Bertz CT molecular complexity index is 206. The topological polar surface area (TPSA) is 18.5 Å². The van der Waals surface area contributed by atoms with E-state index in [1.165, 1.54) is 58.3 Å².